The maximum atomic E-state index is 10.0. The van der Waals surface area contributed by atoms with E-state index in [1.54, 1.807) is 0 Å². The zero-order valence-electron chi connectivity index (χ0n) is 9.18. The van der Waals surface area contributed by atoms with Crippen LogP contribution in [0.15, 0.2) is 0 Å². The van der Waals surface area contributed by atoms with Crippen LogP contribution in [-0.4, -0.2) is 22.4 Å². The van der Waals surface area contributed by atoms with Crippen molar-refractivity contribution in [2.75, 3.05) is 0 Å². The highest BCUT2D eigenvalue weighted by molar-refractivity contribution is 5.27. The fourth-order valence-electron chi connectivity index (χ4n) is 4.15. The van der Waals surface area contributed by atoms with Crippen molar-refractivity contribution in [2.24, 2.45) is 5.41 Å². The zero-order chi connectivity index (χ0) is 10.0. The van der Waals surface area contributed by atoms with E-state index in [1.165, 1.54) is 19.3 Å². The third-order valence-electron chi connectivity index (χ3n) is 5.23. The Morgan fingerprint density at radius 3 is 2.64 bits per heavy atom. The minimum absolute atomic E-state index is 0.0376. The maximum absolute atomic E-state index is 10.0. The van der Waals surface area contributed by atoms with Gasteiger partial charge in [0.1, 0.15) is 11.2 Å². The van der Waals surface area contributed by atoms with E-state index in [0.717, 1.165) is 19.3 Å². The average molecular weight is 196 g/mol. The third kappa shape index (κ3) is 0.772. The standard InChI is InChI=1S/C12H20O2/c1-10-6-3-4-7-12(10)11(2,14-12)9(13)5-8-10/h9,13H,3-8H2,1-2H3/t9-,10+,11-,12+/m0/s1. The first-order chi connectivity index (χ1) is 6.54. The molecule has 2 nitrogen and oxygen atoms in total. The summed E-state index contributed by atoms with van der Waals surface area (Å²) in [6, 6.07) is 0. The van der Waals surface area contributed by atoms with E-state index >= 15 is 0 Å². The van der Waals surface area contributed by atoms with Crippen LogP contribution in [-0.2, 0) is 4.74 Å². The van der Waals surface area contributed by atoms with Crippen molar-refractivity contribution in [3.63, 3.8) is 0 Å². The number of ether oxygens (including phenoxy) is 1. The molecule has 0 aromatic heterocycles. The Balaban J connectivity index is 1.99. The highest BCUT2D eigenvalue weighted by atomic mass is 16.6. The van der Waals surface area contributed by atoms with Crippen molar-refractivity contribution in [1.29, 1.82) is 0 Å². The Morgan fingerprint density at radius 1 is 1.14 bits per heavy atom. The lowest BCUT2D eigenvalue weighted by Crippen LogP contribution is -2.51. The first-order valence-electron chi connectivity index (χ1n) is 5.92. The van der Waals surface area contributed by atoms with Gasteiger partial charge in [0.25, 0.3) is 0 Å². The largest absolute Gasteiger partial charge is 0.390 e. The molecular weight excluding hydrogens is 176 g/mol. The molecule has 3 aliphatic rings. The lowest BCUT2D eigenvalue weighted by atomic mass is 9.56. The molecule has 3 fully saturated rings. The van der Waals surface area contributed by atoms with Crippen molar-refractivity contribution >= 4 is 0 Å². The minimum atomic E-state index is -0.228. The molecule has 80 valence electrons. The Morgan fingerprint density at radius 2 is 1.86 bits per heavy atom. The molecule has 4 atom stereocenters. The fourth-order valence-corrected chi connectivity index (χ4v) is 4.15. The number of rotatable bonds is 0. The van der Waals surface area contributed by atoms with Crippen LogP contribution in [0.2, 0.25) is 0 Å². The predicted octanol–water partition coefficient (Wildman–Crippen LogP) is 2.25. The molecule has 2 saturated carbocycles. The highest BCUT2D eigenvalue weighted by Crippen LogP contribution is 2.70. The number of hydrogen-bond donors (Lipinski definition) is 1. The zero-order valence-corrected chi connectivity index (χ0v) is 9.18. The lowest BCUT2D eigenvalue weighted by Gasteiger charge is -2.46. The van der Waals surface area contributed by atoms with Crippen molar-refractivity contribution in [3.05, 3.63) is 0 Å². The molecule has 2 heteroatoms. The van der Waals surface area contributed by atoms with Gasteiger partial charge in [-0.05, 0) is 38.0 Å². The molecular formula is C12H20O2. The van der Waals surface area contributed by atoms with Crippen molar-refractivity contribution < 1.29 is 9.84 Å². The van der Waals surface area contributed by atoms with E-state index in [1.807, 2.05) is 0 Å². The summed E-state index contributed by atoms with van der Waals surface area (Å²) in [5, 5.41) is 10.0. The fraction of sp³-hybridized carbons (Fsp3) is 1.00. The van der Waals surface area contributed by atoms with Gasteiger partial charge in [0, 0.05) is 0 Å². The molecule has 0 aromatic carbocycles. The molecule has 0 radical (unpaired) electrons. The molecule has 1 N–H and O–H groups in total. The average Bonchev–Trinajstić information content (AvgIpc) is 2.77. The van der Waals surface area contributed by atoms with Crippen LogP contribution < -0.4 is 0 Å². The van der Waals surface area contributed by atoms with Gasteiger partial charge in [-0.2, -0.15) is 0 Å². The van der Waals surface area contributed by atoms with E-state index < -0.39 is 0 Å². The second kappa shape index (κ2) is 2.35. The van der Waals surface area contributed by atoms with Crippen molar-refractivity contribution in [2.45, 2.75) is 69.7 Å². The second-order valence-electron chi connectivity index (χ2n) is 5.86. The van der Waals surface area contributed by atoms with E-state index in [4.69, 9.17) is 4.74 Å². The molecule has 1 saturated heterocycles. The van der Waals surface area contributed by atoms with Crippen molar-refractivity contribution in [3.8, 4) is 0 Å². The summed E-state index contributed by atoms with van der Waals surface area (Å²) in [6.07, 6.45) is 6.91. The SMILES string of the molecule is C[C@]12CCCC[C@@]13O[C@@]3(C)[C@@H](O)CC2. The van der Waals surface area contributed by atoms with Gasteiger partial charge in [-0.15, -0.1) is 0 Å². The van der Waals surface area contributed by atoms with Crippen LogP contribution in [0.25, 0.3) is 0 Å². The van der Waals surface area contributed by atoms with Gasteiger partial charge < -0.3 is 9.84 Å². The van der Waals surface area contributed by atoms with Crippen LogP contribution in [0.1, 0.15) is 52.4 Å². The first-order valence-corrected chi connectivity index (χ1v) is 5.92. The molecule has 14 heavy (non-hydrogen) atoms. The molecule has 3 rings (SSSR count). The maximum Gasteiger partial charge on any atom is 0.121 e. The number of aliphatic hydroxyl groups is 1. The number of aliphatic hydroxyl groups excluding tert-OH is 1. The summed E-state index contributed by atoms with van der Waals surface area (Å²) in [5.74, 6) is 0. The summed E-state index contributed by atoms with van der Waals surface area (Å²) >= 11 is 0. The van der Waals surface area contributed by atoms with Crippen LogP contribution in [0, 0.1) is 5.41 Å². The van der Waals surface area contributed by atoms with E-state index in [2.05, 4.69) is 13.8 Å². The Labute approximate surface area is 85.6 Å². The molecule has 1 heterocycles. The van der Waals surface area contributed by atoms with Gasteiger partial charge in [-0.1, -0.05) is 19.8 Å². The Kier molecular flexibility index (Phi) is 1.54. The molecule has 1 aliphatic heterocycles. The Hall–Kier alpha value is -0.0800. The summed E-state index contributed by atoms with van der Waals surface area (Å²) < 4.78 is 6.02. The van der Waals surface area contributed by atoms with Crippen LogP contribution in [0.5, 0.6) is 0 Å². The van der Waals surface area contributed by atoms with Crippen molar-refractivity contribution in [1.82, 2.24) is 0 Å². The third-order valence-corrected chi connectivity index (χ3v) is 5.23. The van der Waals surface area contributed by atoms with Gasteiger partial charge in [0.05, 0.1) is 6.10 Å². The van der Waals surface area contributed by atoms with Gasteiger partial charge >= 0.3 is 0 Å². The predicted molar refractivity (Wildman–Crippen MR) is 54.0 cm³/mol. The lowest BCUT2D eigenvalue weighted by molar-refractivity contribution is 0.0122. The second-order valence-corrected chi connectivity index (χ2v) is 5.86. The molecule has 0 amide bonds. The summed E-state index contributed by atoms with van der Waals surface area (Å²) in [6.45, 7) is 4.48. The van der Waals surface area contributed by atoms with E-state index in [9.17, 15) is 5.11 Å². The topological polar surface area (TPSA) is 32.8 Å². The normalized spacial score (nSPS) is 61.5. The summed E-state index contributed by atoms with van der Waals surface area (Å²) in [4.78, 5) is 0. The van der Waals surface area contributed by atoms with Gasteiger partial charge in [0.2, 0.25) is 0 Å². The minimum Gasteiger partial charge on any atom is -0.390 e. The summed E-state index contributed by atoms with van der Waals surface area (Å²) in [5.41, 5.74) is 0.176. The van der Waals surface area contributed by atoms with E-state index in [-0.39, 0.29) is 17.3 Å². The van der Waals surface area contributed by atoms with Gasteiger partial charge in [-0.25, -0.2) is 0 Å². The van der Waals surface area contributed by atoms with Crippen LogP contribution >= 0.6 is 0 Å². The molecule has 1 spiro atoms. The number of hydrogen-bond acceptors (Lipinski definition) is 2. The van der Waals surface area contributed by atoms with Gasteiger partial charge in [0.15, 0.2) is 0 Å². The molecule has 0 bridgehead atoms. The monoisotopic (exact) mass is 196 g/mol. The summed E-state index contributed by atoms with van der Waals surface area (Å²) in [7, 11) is 0. The van der Waals surface area contributed by atoms with Gasteiger partial charge in [-0.3, -0.25) is 0 Å². The van der Waals surface area contributed by atoms with Crippen LogP contribution in [0.3, 0.4) is 0 Å². The Bertz CT molecular complexity index is 277. The molecule has 0 aromatic rings. The first kappa shape index (κ1) is 9.17. The van der Waals surface area contributed by atoms with E-state index in [0.29, 0.717) is 5.41 Å². The number of epoxide rings is 1. The highest BCUT2D eigenvalue weighted by Gasteiger charge is 2.78. The molecule has 0 unspecified atom stereocenters. The smallest absolute Gasteiger partial charge is 0.121 e. The molecule has 2 aliphatic carbocycles. The quantitative estimate of drug-likeness (QED) is 0.603. The van der Waals surface area contributed by atoms with Crippen LogP contribution in [0.4, 0.5) is 0 Å².